The Labute approximate surface area is 105 Å². The number of carbonyl (C=O) groups excluding carboxylic acids is 1. The Kier molecular flexibility index (Phi) is 5.40. The molecule has 3 unspecified atom stereocenters. The number of piperazine rings is 1. The number of carbonyl (C=O) groups is 1. The smallest absolute Gasteiger partial charge is 0.224 e. The van der Waals surface area contributed by atoms with Crippen LogP contribution in [0, 0.1) is 0 Å². The fourth-order valence-electron chi connectivity index (χ4n) is 2.42. The third-order valence-corrected chi connectivity index (χ3v) is 3.75. The van der Waals surface area contributed by atoms with Crippen molar-refractivity contribution in [1.29, 1.82) is 0 Å². The molecule has 1 amide bonds. The summed E-state index contributed by atoms with van der Waals surface area (Å²) >= 11 is 0. The number of amides is 1. The highest BCUT2D eigenvalue weighted by Crippen LogP contribution is 2.14. The number of nitrogens with one attached hydrogen (secondary N) is 1. The molecule has 0 spiro atoms. The zero-order valence-corrected chi connectivity index (χ0v) is 11.9. The number of likely N-dealkylation sites (N-methyl/N-ethyl adjacent to an activating group) is 1. The quantitative estimate of drug-likeness (QED) is 0.795. The molecule has 4 heteroatoms. The van der Waals surface area contributed by atoms with Crippen molar-refractivity contribution in [2.75, 3.05) is 26.7 Å². The van der Waals surface area contributed by atoms with Gasteiger partial charge in [-0.3, -0.25) is 9.69 Å². The first-order chi connectivity index (χ1) is 7.95. The van der Waals surface area contributed by atoms with E-state index < -0.39 is 0 Å². The summed E-state index contributed by atoms with van der Waals surface area (Å²) in [6.45, 7) is 11.2. The van der Waals surface area contributed by atoms with Gasteiger partial charge in [-0.15, -0.1) is 0 Å². The van der Waals surface area contributed by atoms with Gasteiger partial charge in [0.05, 0.1) is 0 Å². The first-order valence-electron chi connectivity index (χ1n) is 6.68. The summed E-state index contributed by atoms with van der Waals surface area (Å²) in [7, 11) is 2.14. The van der Waals surface area contributed by atoms with Crippen LogP contribution in [-0.2, 0) is 4.79 Å². The molecule has 1 rings (SSSR count). The van der Waals surface area contributed by atoms with Crippen molar-refractivity contribution in [3.8, 4) is 0 Å². The van der Waals surface area contributed by atoms with Crippen molar-refractivity contribution in [3.05, 3.63) is 0 Å². The summed E-state index contributed by atoms with van der Waals surface area (Å²) in [6.07, 6.45) is 0.608. The fraction of sp³-hybridized carbons (Fsp3) is 0.923. The molecule has 0 bridgehead atoms. The zero-order chi connectivity index (χ0) is 13.0. The third kappa shape index (κ3) is 3.96. The molecule has 1 fully saturated rings. The second-order valence-corrected chi connectivity index (χ2v) is 5.33. The Morgan fingerprint density at radius 3 is 2.35 bits per heavy atom. The molecule has 1 saturated heterocycles. The fourth-order valence-corrected chi connectivity index (χ4v) is 2.42. The van der Waals surface area contributed by atoms with Crippen LogP contribution < -0.4 is 5.32 Å². The second-order valence-electron chi connectivity index (χ2n) is 5.33. The van der Waals surface area contributed by atoms with Crippen LogP contribution in [0.5, 0.6) is 0 Å². The molecule has 1 N–H and O–H groups in total. The van der Waals surface area contributed by atoms with E-state index in [1.807, 2.05) is 4.90 Å². The highest BCUT2D eigenvalue weighted by Gasteiger charge is 2.29. The van der Waals surface area contributed by atoms with Gasteiger partial charge in [-0.05, 0) is 34.4 Å². The van der Waals surface area contributed by atoms with Crippen LogP contribution in [0.2, 0.25) is 0 Å². The van der Waals surface area contributed by atoms with Crippen molar-refractivity contribution < 1.29 is 4.79 Å². The van der Waals surface area contributed by atoms with Crippen molar-refractivity contribution >= 4 is 5.91 Å². The molecule has 17 heavy (non-hydrogen) atoms. The molecule has 1 aliphatic heterocycles. The van der Waals surface area contributed by atoms with E-state index in [1.165, 1.54) is 0 Å². The van der Waals surface area contributed by atoms with E-state index in [1.54, 1.807) is 0 Å². The molecule has 0 aromatic rings. The highest BCUT2D eigenvalue weighted by atomic mass is 16.2. The van der Waals surface area contributed by atoms with Gasteiger partial charge in [0.25, 0.3) is 0 Å². The molecule has 0 aliphatic carbocycles. The van der Waals surface area contributed by atoms with Crippen molar-refractivity contribution in [3.63, 3.8) is 0 Å². The Morgan fingerprint density at radius 2 is 1.88 bits per heavy atom. The van der Waals surface area contributed by atoms with Crippen LogP contribution in [-0.4, -0.2) is 60.5 Å². The van der Waals surface area contributed by atoms with E-state index in [9.17, 15) is 4.79 Å². The Hall–Kier alpha value is -0.610. The van der Waals surface area contributed by atoms with E-state index >= 15 is 0 Å². The van der Waals surface area contributed by atoms with E-state index in [2.05, 4.69) is 45.0 Å². The maximum Gasteiger partial charge on any atom is 0.224 e. The van der Waals surface area contributed by atoms with Crippen LogP contribution >= 0.6 is 0 Å². The lowest BCUT2D eigenvalue weighted by Gasteiger charge is -2.42. The Morgan fingerprint density at radius 1 is 1.35 bits per heavy atom. The summed E-state index contributed by atoms with van der Waals surface area (Å²) in [5.41, 5.74) is 0. The molecule has 0 aromatic heterocycles. The minimum Gasteiger partial charge on any atom is -0.340 e. The summed E-state index contributed by atoms with van der Waals surface area (Å²) in [6, 6.07) is 1.19. The van der Waals surface area contributed by atoms with E-state index in [-0.39, 0.29) is 11.9 Å². The van der Waals surface area contributed by atoms with Gasteiger partial charge >= 0.3 is 0 Å². The van der Waals surface area contributed by atoms with Crippen LogP contribution in [0.25, 0.3) is 0 Å². The summed E-state index contributed by atoms with van der Waals surface area (Å²) < 4.78 is 0. The van der Waals surface area contributed by atoms with Crippen LogP contribution in [0.3, 0.4) is 0 Å². The lowest BCUT2D eigenvalue weighted by atomic mass is 10.1. The Bertz CT molecular complexity index is 245. The summed E-state index contributed by atoms with van der Waals surface area (Å²) in [4.78, 5) is 16.5. The molecule has 3 atom stereocenters. The molecular weight excluding hydrogens is 214 g/mol. The van der Waals surface area contributed by atoms with E-state index in [0.29, 0.717) is 18.5 Å². The molecule has 4 nitrogen and oxygen atoms in total. The van der Waals surface area contributed by atoms with E-state index in [0.717, 1.165) is 19.6 Å². The van der Waals surface area contributed by atoms with Gasteiger partial charge in [0.2, 0.25) is 5.91 Å². The first kappa shape index (κ1) is 14.5. The lowest BCUT2D eigenvalue weighted by molar-refractivity contribution is -0.135. The average molecular weight is 241 g/mol. The van der Waals surface area contributed by atoms with Crippen molar-refractivity contribution in [2.24, 2.45) is 0 Å². The number of nitrogens with zero attached hydrogens (tertiary/aromatic N) is 2. The average Bonchev–Trinajstić information content (AvgIpc) is 2.25. The predicted molar refractivity (Wildman–Crippen MR) is 71.0 cm³/mol. The number of hydrogen-bond acceptors (Lipinski definition) is 3. The van der Waals surface area contributed by atoms with Crippen molar-refractivity contribution in [1.82, 2.24) is 15.1 Å². The summed E-state index contributed by atoms with van der Waals surface area (Å²) in [5, 5.41) is 3.29. The molecule has 1 aliphatic rings. The topological polar surface area (TPSA) is 35.6 Å². The van der Waals surface area contributed by atoms with Gasteiger partial charge in [0.1, 0.15) is 0 Å². The van der Waals surface area contributed by atoms with Gasteiger partial charge in [-0.1, -0.05) is 6.92 Å². The second kappa shape index (κ2) is 6.36. The SMILES string of the molecule is CCNC(C)CC(=O)N1CC(C)N(C)C(C)C1. The molecule has 0 radical (unpaired) electrons. The standard InChI is InChI=1S/C13H27N3O/c1-6-14-10(2)7-13(17)16-8-11(3)15(5)12(4)9-16/h10-12,14H,6-9H2,1-5H3. The summed E-state index contributed by atoms with van der Waals surface area (Å²) in [5.74, 6) is 0.283. The monoisotopic (exact) mass is 241 g/mol. The largest absolute Gasteiger partial charge is 0.340 e. The molecule has 100 valence electrons. The molecule has 0 aromatic carbocycles. The lowest BCUT2D eigenvalue weighted by Crippen LogP contribution is -2.56. The van der Waals surface area contributed by atoms with Crippen LogP contribution in [0.1, 0.15) is 34.1 Å². The predicted octanol–water partition coefficient (Wildman–Crippen LogP) is 0.926. The highest BCUT2D eigenvalue weighted by molar-refractivity contribution is 5.77. The first-order valence-corrected chi connectivity index (χ1v) is 6.68. The van der Waals surface area contributed by atoms with Gasteiger partial charge in [0, 0.05) is 37.6 Å². The van der Waals surface area contributed by atoms with Crippen LogP contribution in [0.4, 0.5) is 0 Å². The van der Waals surface area contributed by atoms with Gasteiger partial charge in [-0.25, -0.2) is 0 Å². The molecular formula is C13H27N3O. The molecule has 0 saturated carbocycles. The van der Waals surface area contributed by atoms with Crippen LogP contribution in [0.15, 0.2) is 0 Å². The van der Waals surface area contributed by atoms with E-state index in [4.69, 9.17) is 0 Å². The maximum absolute atomic E-state index is 12.1. The van der Waals surface area contributed by atoms with Crippen molar-refractivity contribution in [2.45, 2.75) is 52.2 Å². The normalized spacial score (nSPS) is 28.2. The minimum absolute atomic E-state index is 0.276. The minimum atomic E-state index is 0.276. The third-order valence-electron chi connectivity index (χ3n) is 3.75. The molecule has 1 heterocycles. The Balaban J connectivity index is 2.47. The number of rotatable bonds is 4. The number of hydrogen-bond donors (Lipinski definition) is 1. The maximum atomic E-state index is 12.1. The van der Waals surface area contributed by atoms with Gasteiger partial charge in [0.15, 0.2) is 0 Å². The van der Waals surface area contributed by atoms with Gasteiger partial charge in [-0.2, -0.15) is 0 Å². The zero-order valence-electron chi connectivity index (χ0n) is 11.9. The van der Waals surface area contributed by atoms with Gasteiger partial charge < -0.3 is 10.2 Å².